The van der Waals surface area contributed by atoms with Gasteiger partial charge in [-0.3, -0.25) is 0 Å². The van der Waals surface area contributed by atoms with Crippen LogP contribution in [0.25, 0.3) is 10.2 Å². The average Bonchev–Trinajstić information content (AvgIpc) is 3.08. The van der Waals surface area contributed by atoms with E-state index in [2.05, 4.69) is 28.2 Å². The van der Waals surface area contributed by atoms with Crippen LogP contribution in [0.3, 0.4) is 0 Å². The fraction of sp³-hybridized carbons (Fsp3) is 0.600. The molecule has 6 heteroatoms. The summed E-state index contributed by atoms with van der Waals surface area (Å²) in [4.78, 5) is 14.2. The quantitative estimate of drug-likeness (QED) is 0.945. The minimum absolute atomic E-state index is 0.371. The van der Waals surface area contributed by atoms with Crippen LogP contribution in [0, 0.1) is 0 Å². The van der Waals surface area contributed by atoms with Gasteiger partial charge in [-0.15, -0.1) is 11.3 Å². The predicted octanol–water partition coefficient (Wildman–Crippen LogP) is 2.66. The van der Waals surface area contributed by atoms with Gasteiger partial charge in [-0.1, -0.05) is 6.92 Å². The first-order valence-corrected chi connectivity index (χ1v) is 8.47. The van der Waals surface area contributed by atoms with Crippen LogP contribution in [0.1, 0.15) is 24.6 Å². The Hall–Kier alpha value is -1.40. The highest BCUT2D eigenvalue weighted by Gasteiger charge is 2.35. The summed E-state index contributed by atoms with van der Waals surface area (Å²) in [6.07, 6.45) is 4.15. The zero-order valence-corrected chi connectivity index (χ0v) is 13.2. The van der Waals surface area contributed by atoms with Gasteiger partial charge in [0.1, 0.15) is 10.6 Å². The van der Waals surface area contributed by atoms with E-state index in [0.717, 1.165) is 30.2 Å². The Morgan fingerprint density at radius 1 is 1.33 bits per heavy atom. The molecule has 5 nitrogen and oxygen atoms in total. The Morgan fingerprint density at radius 3 is 2.76 bits per heavy atom. The van der Waals surface area contributed by atoms with Crippen LogP contribution in [0.4, 0.5) is 11.8 Å². The Labute approximate surface area is 128 Å². The molecule has 2 atom stereocenters. The number of aryl methyl sites for hydroxylation is 1. The van der Waals surface area contributed by atoms with E-state index in [-0.39, 0.29) is 0 Å². The van der Waals surface area contributed by atoms with Gasteiger partial charge in [0.15, 0.2) is 0 Å². The van der Waals surface area contributed by atoms with Gasteiger partial charge < -0.3 is 15.0 Å². The van der Waals surface area contributed by atoms with Gasteiger partial charge in [-0.25, -0.2) is 4.98 Å². The van der Waals surface area contributed by atoms with Crippen LogP contribution in [0.15, 0.2) is 6.07 Å². The van der Waals surface area contributed by atoms with Crippen molar-refractivity contribution in [2.45, 2.75) is 38.4 Å². The molecular formula is C15H20N4OS. The Balaban J connectivity index is 1.80. The molecule has 2 aromatic rings. The van der Waals surface area contributed by atoms with E-state index >= 15 is 0 Å². The first-order valence-electron chi connectivity index (χ1n) is 7.65. The molecule has 0 aromatic carbocycles. The molecule has 0 aliphatic carbocycles. The van der Waals surface area contributed by atoms with Gasteiger partial charge >= 0.3 is 0 Å². The third kappa shape index (κ3) is 2.26. The molecule has 2 saturated heterocycles. The second-order valence-electron chi connectivity index (χ2n) is 5.77. The first kappa shape index (κ1) is 13.3. The summed E-state index contributed by atoms with van der Waals surface area (Å²) in [5.41, 5.74) is 0. The molecule has 1 N–H and O–H groups in total. The molecule has 2 unspecified atom stereocenters. The van der Waals surface area contributed by atoms with Crippen molar-refractivity contribution < 1.29 is 4.74 Å². The zero-order valence-electron chi connectivity index (χ0n) is 12.4. The van der Waals surface area contributed by atoms with Gasteiger partial charge in [-0.2, -0.15) is 4.98 Å². The van der Waals surface area contributed by atoms with Crippen LogP contribution in [-0.4, -0.2) is 42.3 Å². The minimum atomic E-state index is 0.371. The lowest BCUT2D eigenvalue weighted by Crippen LogP contribution is -2.43. The number of thiophene rings is 1. The molecule has 4 rings (SSSR count). The summed E-state index contributed by atoms with van der Waals surface area (Å²) in [7, 11) is 1.88. The van der Waals surface area contributed by atoms with E-state index in [4.69, 9.17) is 9.72 Å². The maximum atomic E-state index is 5.95. The number of fused-ring (bicyclic) bond motifs is 3. The lowest BCUT2D eigenvalue weighted by Gasteiger charge is -2.33. The van der Waals surface area contributed by atoms with Crippen LogP contribution in [0.2, 0.25) is 0 Å². The topological polar surface area (TPSA) is 50.3 Å². The van der Waals surface area contributed by atoms with Gasteiger partial charge in [0.05, 0.1) is 17.6 Å². The molecule has 0 radical (unpaired) electrons. The third-order valence-corrected chi connectivity index (χ3v) is 5.51. The standard InChI is InChI=1S/C15H20N4OS/c1-3-11-6-12-13(17-15(16-2)18-14(12)21-11)19-7-9-4-5-10(8-19)20-9/h6,9-10H,3-5,7-8H2,1-2H3,(H,16,17,18). The number of aromatic nitrogens is 2. The Morgan fingerprint density at radius 2 is 2.10 bits per heavy atom. The monoisotopic (exact) mass is 304 g/mol. The zero-order chi connectivity index (χ0) is 14.4. The minimum Gasteiger partial charge on any atom is -0.371 e. The fourth-order valence-corrected chi connectivity index (χ4v) is 4.23. The number of hydrogen-bond acceptors (Lipinski definition) is 6. The van der Waals surface area contributed by atoms with Gasteiger partial charge in [0.25, 0.3) is 0 Å². The lowest BCUT2D eigenvalue weighted by atomic mass is 10.2. The van der Waals surface area contributed by atoms with Crippen molar-refractivity contribution in [2.75, 3.05) is 30.4 Å². The molecule has 4 heterocycles. The van der Waals surface area contributed by atoms with E-state index in [1.165, 1.54) is 23.1 Å². The number of ether oxygens (including phenoxy) is 1. The largest absolute Gasteiger partial charge is 0.371 e. The smallest absolute Gasteiger partial charge is 0.225 e. The van der Waals surface area contributed by atoms with E-state index in [1.54, 1.807) is 11.3 Å². The van der Waals surface area contributed by atoms with Crippen molar-refractivity contribution in [3.63, 3.8) is 0 Å². The van der Waals surface area contributed by atoms with Crippen molar-refractivity contribution in [1.82, 2.24) is 9.97 Å². The van der Waals surface area contributed by atoms with Crippen LogP contribution in [-0.2, 0) is 11.2 Å². The van der Waals surface area contributed by atoms with Crippen molar-refractivity contribution in [3.8, 4) is 0 Å². The van der Waals surface area contributed by atoms with Crippen LogP contribution < -0.4 is 10.2 Å². The summed E-state index contributed by atoms with van der Waals surface area (Å²) >= 11 is 1.77. The SMILES string of the molecule is CCc1cc2c(N3CC4CCC(C3)O4)nc(NC)nc2s1. The first-order chi connectivity index (χ1) is 10.3. The molecule has 2 bridgehead atoms. The van der Waals surface area contributed by atoms with E-state index in [9.17, 15) is 0 Å². The van der Waals surface area contributed by atoms with Crippen molar-refractivity contribution >= 4 is 33.3 Å². The van der Waals surface area contributed by atoms with Gasteiger partial charge in [-0.05, 0) is 25.3 Å². The summed E-state index contributed by atoms with van der Waals surface area (Å²) in [5.74, 6) is 1.78. The predicted molar refractivity (Wildman–Crippen MR) is 86.4 cm³/mol. The number of rotatable bonds is 3. The third-order valence-electron chi connectivity index (χ3n) is 4.34. The second kappa shape index (κ2) is 5.10. The molecule has 2 aliphatic heterocycles. The highest BCUT2D eigenvalue weighted by Crippen LogP contribution is 2.35. The highest BCUT2D eigenvalue weighted by atomic mass is 32.1. The van der Waals surface area contributed by atoms with E-state index < -0.39 is 0 Å². The van der Waals surface area contributed by atoms with Crippen molar-refractivity contribution in [3.05, 3.63) is 10.9 Å². The molecule has 2 aliphatic rings. The molecular weight excluding hydrogens is 284 g/mol. The molecule has 0 spiro atoms. The van der Waals surface area contributed by atoms with Crippen molar-refractivity contribution in [2.24, 2.45) is 0 Å². The Bertz CT molecular complexity index is 659. The fourth-order valence-electron chi connectivity index (χ4n) is 3.27. The maximum absolute atomic E-state index is 5.95. The molecule has 112 valence electrons. The molecule has 0 amide bonds. The summed E-state index contributed by atoms with van der Waals surface area (Å²) in [6.45, 7) is 4.08. The summed E-state index contributed by atoms with van der Waals surface area (Å²) < 4.78 is 5.95. The number of nitrogens with zero attached hydrogens (tertiary/aromatic N) is 3. The average molecular weight is 304 g/mol. The van der Waals surface area contributed by atoms with E-state index in [0.29, 0.717) is 18.2 Å². The normalized spacial score (nSPS) is 24.8. The van der Waals surface area contributed by atoms with Crippen LogP contribution >= 0.6 is 11.3 Å². The number of nitrogens with one attached hydrogen (secondary N) is 1. The molecule has 21 heavy (non-hydrogen) atoms. The summed E-state index contributed by atoms with van der Waals surface area (Å²) in [6, 6.07) is 2.26. The maximum Gasteiger partial charge on any atom is 0.225 e. The molecule has 2 fully saturated rings. The van der Waals surface area contributed by atoms with Gasteiger partial charge in [0, 0.05) is 25.0 Å². The summed E-state index contributed by atoms with van der Waals surface area (Å²) in [5, 5.41) is 4.28. The molecule has 0 saturated carbocycles. The van der Waals surface area contributed by atoms with E-state index in [1.807, 2.05) is 7.05 Å². The second-order valence-corrected chi connectivity index (χ2v) is 6.88. The van der Waals surface area contributed by atoms with Gasteiger partial charge in [0.2, 0.25) is 5.95 Å². The lowest BCUT2D eigenvalue weighted by molar-refractivity contribution is 0.0303. The Kier molecular flexibility index (Phi) is 3.23. The van der Waals surface area contributed by atoms with Crippen LogP contribution in [0.5, 0.6) is 0 Å². The number of hydrogen-bond donors (Lipinski definition) is 1. The molecule has 2 aromatic heterocycles. The highest BCUT2D eigenvalue weighted by molar-refractivity contribution is 7.18. The number of morpholine rings is 1. The van der Waals surface area contributed by atoms with Crippen molar-refractivity contribution in [1.29, 1.82) is 0 Å². The number of anilines is 2.